The molecule has 0 aliphatic rings. The van der Waals surface area contributed by atoms with Crippen LogP contribution in [0.15, 0.2) is 60.7 Å². The first-order valence-corrected chi connectivity index (χ1v) is 11.2. The van der Waals surface area contributed by atoms with Crippen LogP contribution in [0.2, 0.25) is 0 Å². The standard InChI is InChI=1S/C16H18P.2ClH.Fe/c1-2-3-14-17(15-10-6-4-7-11-15)16-12-8-5-9-13-16;;;/h4-13H,1-3,14H2;2*1H;/q-1;;;+3/p-1. The summed E-state index contributed by atoms with van der Waals surface area (Å²) in [6.45, 7) is 3.96. The van der Waals surface area contributed by atoms with Crippen LogP contribution >= 0.6 is 28.1 Å². The Kier molecular flexibility index (Phi) is 10.5. The van der Waals surface area contributed by atoms with Gasteiger partial charge in [-0.2, -0.15) is 6.42 Å². The molecule has 0 bridgehead atoms. The fourth-order valence-electron chi connectivity index (χ4n) is 2.04. The van der Waals surface area contributed by atoms with Gasteiger partial charge >= 0.3 is 33.3 Å². The number of halogens is 2. The number of hydrogen-bond acceptors (Lipinski definition) is 0. The topological polar surface area (TPSA) is 0 Å². The Labute approximate surface area is 138 Å². The molecule has 0 atom stereocenters. The molecular formula is C16H19Cl2FeP+. The van der Waals surface area contributed by atoms with Crippen LogP contribution in [0.1, 0.15) is 12.8 Å². The summed E-state index contributed by atoms with van der Waals surface area (Å²) in [4.78, 5) is 0. The fourth-order valence-corrected chi connectivity index (χ4v) is 4.74. The van der Waals surface area contributed by atoms with Gasteiger partial charge in [-0.3, -0.25) is 0 Å². The second-order valence-electron chi connectivity index (χ2n) is 4.22. The third kappa shape index (κ3) is 6.61. The second kappa shape index (κ2) is 11.6. The van der Waals surface area contributed by atoms with E-state index in [1.54, 1.807) is 0 Å². The van der Waals surface area contributed by atoms with Gasteiger partial charge in [0, 0.05) is 0 Å². The molecular weight excluding hydrogens is 350 g/mol. The Hall–Kier alpha value is -0.0305. The van der Waals surface area contributed by atoms with Crippen LogP contribution in [0.25, 0.3) is 0 Å². The predicted octanol–water partition coefficient (Wildman–Crippen LogP) is 4.84. The van der Waals surface area contributed by atoms with Crippen molar-refractivity contribution < 1.29 is 13.1 Å². The molecule has 0 aliphatic carbocycles. The maximum atomic E-state index is 4.76. The Morgan fingerprint density at radius 1 is 0.850 bits per heavy atom. The molecule has 0 amide bonds. The van der Waals surface area contributed by atoms with E-state index in [0.29, 0.717) is 0 Å². The first-order chi connectivity index (χ1) is 9.83. The van der Waals surface area contributed by atoms with Gasteiger partial charge in [-0.25, -0.2) is 0 Å². The molecule has 4 heteroatoms. The van der Waals surface area contributed by atoms with Crippen LogP contribution in [-0.2, 0) is 13.1 Å². The van der Waals surface area contributed by atoms with Crippen LogP contribution in [0, 0.1) is 6.92 Å². The third-order valence-corrected chi connectivity index (χ3v) is 5.84. The first kappa shape index (κ1) is 18.0. The van der Waals surface area contributed by atoms with E-state index >= 15 is 0 Å². The molecule has 2 aromatic carbocycles. The quantitative estimate of drug-likeness (QED) is 0.402. The third-order valence-electron chi connectivity index (χ3n) is 2.92. The van der Waals surface area contributed by atoms with Crippen LogP contribution in [0.4, 0.5) is 0 Å². The van der Waals surface area contributed by atoms with Crippen molar-refractivity contribution >= 4 is 38.7 Å². The van der Waals surface area contributed by atoms with E-state index in [1.165, 1.54) is 23.2 Å². The van der Waals surface area contributed by atoms with E-state index < -0.39 is 7.92 Å². The number of hydrogen-bond donors (Lipinski definition) is 0. The van der Waals surface area contributed by atoms with Gasteiger partial charge in [-0.15, -0.1) is 0 Å². The van der Waals surface area contributed by atoms with E-state index in [-0.39, 0.29) is 13.1 Å². The Bertz CT molecular complexity index is 411. The molecule has 0 saturated heterocycles. The van der Waals surface area contributed by atoms with Crippen molar-refractivity contribution in [3.05, 3.63) is 67.6 Å². The van der Waals surface area contributed by atoms with E-state index in [2.05, 4.69) is 67.6 Å². The van der Waals surface area contributed by atoms with Gasteiger partial charge in [0.15, 0.2) is 0 Å². The molecule has 0 aromatic heterocycles. The summed E-state index contributed by atoms with van der Waals surface area (Å²) in [7, 11) is 8.93. The zero-order valence-corrected chi connectivity index (χ0v) is 14.8. The van der Waals surface area contributed by atoms with Crippen molar-refractivity contribution in [1.29, 1.82) is 0 Å². The molecule has 0 heterocycles. The van der Waals surface area contributed by atoms with Crippen molar-refractivity contribution in [2.24, 2.45) is 0 Å². The van der Waals surface area contributed by atoms with Gasteiger partial charge in [-0.05, 0) is 30.7 Å². The van der Waals surface area contributed by atoms with Crippen molar-refractivity contribution in [2.45, 2.75) is 12.8 Å². The van der Waals surface area contributed by atoms with Gasteiger partial charge in [0.05, 0.1) is 24.7 Å². The summed E-state index contributed by atoms with van der Waals surface area (Å²) in [5.41, 5.74) is 0. The average molecular weight is 369 g/mol. The van der Waals surface area contributed by atoms with Crippen LogP contribution in [0.3, 0.4) is 0 Å². The van der Waals surface area contributed by atoms with Crippen LogP contribution in [-0.4, -0.2) is 6.16 Å². The molecule has 2 aromatic rings. The Morgan fingerprint density at radius 2 is 1.25 bits per heavy atom. The molecule has 0 aliphatic heterocycles. The zero-order valence-electron chi connectivity index (χ0n) is 11.2. The van der Waals surface area contributed by atoms with Gasteiger partial charge in [-0.1, -0.05) is 36.4 Å². The molecule has 20 heavy (non-hydrogen) atoms. The Morgan fingerprint density at radius 3 is 1.60 bits per heavy atom. The molecule has 0 radical (unpaired) electrons. The molecule has 0 unspecified atom stereocenters. The van der Waals surface area contributed by atoms with Crippen molar-refractivity contribution in [1.82, 2.24) is 0 Å². The monoisotopic (exact) mass is 368 g/mol. The molecule has 0 fully saturated rings. The van der Waals surface area contributed by atoms with E-state index in [9.17, 15) is 0 Å². The molecule has 0 spiro atoms. The SMILES string of the molecule is [CH2-]CCC[PH+](c1ccccc1)c1ccccc1.[Cl][Fe+][Cl]. The molecule has 2 rings (SSSR count). The summed E-state index contributed by atoms with van der Waals surface area (Å²) < 4.78 is 0. The van der Waals surface area contributed by atoms with Gasteiger partial charge < -0.3 is 6.92 Å². The van der Waals surface area contributed by atoms with Gasteiger partial charge in [0.25, 0.3) is 0 Å². The second-order valence-corrected chi connectivity index (χ2v) is 8.65. The minimum absolute atomic E-state index is 0.194. The summed E-state index contributed by atoms with van der Waals surface area (Å²) in [5.74, 6) is 0. The zero-order chi connectivity index (χ0) is 14.6. The van der Waals surface area contributed by atoms with E-state index in [0.717, 1.165) is 6.42 Å². The molecule has 0 N–H and O–H groups in total. The maximum absolute atomic E-state index is 4.76. The average Bonchev–Trinajstić information content (AvgIpc) is 2.51. The number of benzene rings is 2. The fraction of sp³-hybridized carbons (Fsp3) is 0.188. The summed E-state index contributed by atoms with van der Waals surface area (Å²) in [6.07, 6.45) is 3.54. The molecule has 0 saturated carbocycles. The first-order valence-electron chi connectivity index (χ1n) is 6.44. The number of unbranched alkanes of at least 4 members (excludes halogenated alkanes) is 1. The van der Waals surface area contributed by atoms with Crippen LogP contribution in [0.5, 0.6) is 0 Å². The van der Waals surface area contributed by atoms with Crippen molar-refractivity contribution in [3.63, 3.8) is 0 Å². The van der Waals surface area contributed by atoms with Crippen LogP contribution < -0.4 is 10.6 Å². The van der Waals surface area contributed by atoms with Gasteiger partial charge in [0.1, 0.15) is 0 Å². The summed E-state index contributed by atoms with van der Waals surface area (Å²) in [5, 5.41) is 3.02. The summed E-state index contributed by atoms with van der Waals surface area (Å²) >= 11 is 0.194. The van der Waals surface area contributed by atoms with E-state index in [1.807, 2.05) is 0 Å². The normalized spacial score (nSPS) is 10.0. The van der Waals surface area contributed by atoms with Gasteiger partial charge in [0.2, 0.25) is 0 Å². The van der Waals surface area contributed by atoms with E-state index in [4.69, 9.17) is 20.2 Å². The summed E-state index contributed by atoms with van der Waals surface area (Å²) in [6, 6.07) is 21.8. The number of rotatable bonds is 5. The predicted molar refractivity (Wildman–Crippen MR) is 91.6 cm³/mol. The van der Waals surface area contributed by atoms with Crippen molar-refractivity contribution in [2.75, 3.05) is 6.16 Å². The molecule has 109 valence electrons. The minimum atomic E-state index is -0.602. The molecule has 0 nitrogen and oxygen atoms in total. The van der Waals surface area contributed by atoms with Crippen molar-refractivity contribution in [3.8, 4) is 0 Å². The Balaban J connectivity index is 0.000000612.